The van der Waals surface area contributed by atoms with Crippen molar-refractivity contribution in [3.63, 3.8) is 0 Å². The number of H-pyrrole nitrogens is 1. The van der Waals surface area contributed by atoms with E-state index in [4.69, 9.17) is 5.73 Å². The lowest BCUT2D eigenvalue weighted by atomic mass is 10.00. The first-order valence-electron chi connectivity index (χ1n) is 8.92. The van der Waals surface area contributed by atoms with E-state index in [-0.39, 0.29) is 5.91 Å². The van der Waals surface area contributed by atoms with Crippen LogP contribution < -0.4 is 16.4 Å². The van der Waals surface area contributed by atoms with Gasteiger partial charge < -0.3 is 21.4 Å². The van der Waals surface area contributed by atoms with Crippen LogP contribution >= 0.6 is 0 Å². The minimum atomic E-state index is -0.178. The number of aromatic amines is 1. The molecule has 1 aliphatic heterocycles. The second-order valence-electron chi connectivity index (χ2n) is 6.60. The predicted octanol–water partition coefficient (Wildman–Crippen LogP) is 4.08. The maximum absolute atomic E-state index is 12.8. The van der Waals surface area contributed by atoms with Gasteiger partial charge in [-0.3, -0.25) is 4.79 Å². The number of nitrogens with one attached hydrogen (secondary N) is 3. The molecule has 28 heavy (non-hydrogen) atoms. The van der Waals surface area contributed by atoms with Crippen LogP contribution in [0.25, 0.3) is 22.3 Å². The largest absolute Gasteiger partial charge is 0.399 e. The summed E-state index contributed by atoms with van der Waals surface area (Å²) in [5, 5.41) is 6.24. The number of aromatic nitrogens is 2. The fourth-order valence-corrected chi connectivity index (χ4v) is 3.45. The molecule has 0 radical (unpaired) electrons. The maximum Gasteiger partial charge on any atom is 0.258 e. The molecule has 1 amide bonds. The van der Waals surface area contributed by atoms with Crippen molar-refractivity contribution in [1.29, 1.82) is 0 Å². The van der Waals surface area contributed by atoms with Gasteiger partial charge in [0, 0.05) is 16.9 Å². The number of anilines is 3. The molecule has 3 aromatic carbocycles. The Kier molecular flexibility index (Phi) is 3.62. The Bertz CT molecular complexity index is 1210. The van der Waals surface area contributed by atoms with Crippen LogP contribution in [0.1, 0.15) is 11.1 Å². The van der Waals surface area contributed by atoms with Crippen LogP contribution in [-0.2, 0) is 4.79 Å². The fraction of sp³-hybridized carbons (Fsp3) is 0. The van der Waals surface area contributed by atoms with Crippen LogP contribution in [0.2, 0.25) is 0 Å². The molecule has 136 valence electrons. The smallest absolute Gasteiger partial charge is 0.258 e. The summed E-state index contributed by atoms with van der Waals surface area (Å²) in [4.78, 5) is 20.7. The molecule has 0 saturated carbocycles. The number of carbonyl (C=O) groups excluding carboxylic acids is 1. The molecule has 1 aromatic heterocycles. The standard InChI is InChI=1S/C22H17N5O/c23-14-10-11-16-15(12-14)19(21(28)24-16)20(13-6-2-1-3-7-13)27-22-25-17-8-4-5-9-18(17)26-22/h1-12H,23H2,(H,24,28)(H2,25,26,27). The van der Waals surface area contributed by atoms with E-state index >= 15 is 0 Å². The van der Waals surface area contributed by atoms with Gasteiger partial charge in [-0.05, 0) is 35.9 Å². The van der Waals surface area contributed by atoms with Gasteiger partial charge in [-0.1, -0.05) is 42.5 Å². The molecular weight excluding hydrogens is 350 g/mol. The number of rotatable bonds is 3. The molecule has 5 rings (SSSR count). The molecule has 1 aliphatic rings. The van der Waals surface area contributed by atoms with Crippen molar-refractivity contribution in [2.45, 2.75) is 0 Å². The molecule has 6 nitrogen and oxygen atoms in total. The zero-order valence-corrected chi connectivity index (χ0v) is 14.9. The van der Waals surface area contributed by atoms with Crippen LogP contribution in [-0.4, -0.2) is 15.9 Å². The molecule has 6 heteroatoms. The van der Waals surface area contributed by atoms with Crippen molar-refractivity contribution in [1.82, 2.24) is 9.97 Å². The minimum Gasteiger partial charge on any atom is -0.399 e. The summed E-state index contributed by atoms with van der Waals surface area (Å²) in [6, 6.07) is 22.9. The first kappa shape index (κ1) is 16.1. The SMILES string of the molecule is Nc1ccc2c(c1)C(=C(Nc1nc3ccccc3[nH]1)c1ccccc1)C(=O)N2. The number of amides is 1. The zero-order valence-electron chi connectivity index (χ0n) is 14.9. The summed E-state index contributed by atoms with van der Waals surface area (Å²) in [5.74, 6) is 0.390. The minimum absolute atomic E-state index is 0.178. The van der Waals surface area contributed by atoms with Crippen molar-refractivity contribution in [3.8, 4) is 0 Å². The lowest BCUT2D eigenvalue weighted by Crippen LogP contribution is -2.10. The lowest BCUT2D eigenvalue weighted by molar-refractivity contribution is -0.110. The molecule has 0 aliphatic carbocycles. The van der Waals surface area contributed by atoms with Gasteiger partial charge in [0.15, 0.2) is 0 Å². The quantitative estimate of drug-likeness (QED) is 0.324. The van der Waals surface area contributed by atoms with Crippen LogP contribution in [0.5, 0.6) is 0 Å². The summed E-state index contributed by atoms with van der Waals surface area (Å²) in [5.41, 5.74) is 11.9. The van der Waals surface area contributed by atoms with E-state index < -0.39 is 0 Å². The topological polar surface area (TPSA) is 95.8 Å². The molecule has 0 bridgehead atoms. The highest BCUT2D eigenvalue weighted by molar-refractivity contribution is 6.37. The van der Waals surface area contributed by atoms with Crippen molar-refractivity contribution in [2.24, 2.45) is 0 Å². The van der Waals surface area contributed by atoms with Crippen molar-refractivity contribution < 1.29 is 4.79 Å². The number of nitrogen functional groups attached to an aromatic ring is 1. The lowest BCUT2D eigenvalue weighted by Gasteiger charge is -2.13. The normalized spacial score (nSPS) is 14.6. The first-order valence-corrected chi connectivity index (χ1v) is 8.92. The molecule has 0 atom stereocenters. The van der Waals surface area contributed by atoms with E-state index in [1.165, 1.54) is 0 Å². The molecule has 0 saturated heterocycles. The molecule has 0 fully saturated rings. The van der Waals surface area contributed by atoms with Gasteiger partial charge in [-0.2, -0.15) is 0 Å². The maximum atomic E-state index is 12.8. The number of benzene rings is 3. The molecule has 0 spiro atoms. The number of hydrogen-bond donors (Lipinski definition) is 4. The summed E-state index contributed by atoms with van der Waals surface area (Å²) in [6.45, 7) is 0. The zero-order chi connectivity index (χ0) is 19.1. The third kappa shape index (κ3) is 2.68. The average molecular weight is 367 g/mol. The molecule has 5 N–H and O–H groups in total. The Hall–Kier alpha value is -4.06. The van der Waals surface area contributed by atoms with Crippen molar-refractivity contribution in [2.75, 3.05) is 16.4 Å². The number of para-hydroxylation sites is 2. The number of carbonyl (C=O) groups is 1. The highest BCUT2D eigenvalue weighted by Crippen LogP contribution is 2.38. The third-order valence-electron chi connectivity index (χ3n) is 4.73. The van der Waals surface area contributed by atoms with Gasteiger partial charge >= 0.3 is 0 Å². The van der Waals surface area contributed by atoms with Gasteiger partial charge in [0.2, 0.25) is 5.95 Å². The highest BCUT2D eigenvalue weighted by atomic mass is 16.2. The van der Waals surface area contributed by atoms with Gasteiger partial charge in [0.05, 0.1) is 22.3 Å². The Morgan fingerprint density at radius 2 is 1.75 bits per heavy atom. The third-order valence-corrected chi connectivity index (χ3v) is 4.73. The first-order chi connectivity index (χ1) is 13.7. The molecule has 0 unspecified atom stereocenters. The van der Waals surface area contributed by atoms with E-state index in [2.05, 4.69) is 20.6 Å². The number of imidazole rings is 1. The van der Waals surface area contributed by atoms with E-state index in [1.54, 1.807) is 6.07 Å². The Labute approximate surface area is 161 Å². The van der Waals surface area contributed by atoms with E-state index in [9.17, 15) is 4.79 Å². The Morgan fingerprint density at radius 1 is 0.964 bits per heavy atom. The van der Waals surface area contributed by atoms with Crippen LogP contribution in [0.4, 0.5) is 17.3 Å². The number of nitrogens with two attached hydrogens (primary N) is 1. The second-order valence-corrected chi connectivity index (χ2v) is 6.60. The Balaban J connectivity index is 1.71. The molecular formula is C22H17N5O. The monoisotopic (exact) mass is 367 g/mol. The number of fused-ring (bicyclic) bond motifs is 2. The predicted molar refractivity (Wildman–Crippen MR) is 112 cm³/mol. The van der Waals surface area contributed by atoms with E-state index in [1.807, 2.05) is 66.7 Å². The Morgan fingerprint density at radius 3 is 2.57 bits per heavy atom. The van der Waals surface area contributed by atoms with Crippen LogP contribution in [0, 0.1) is 0 Å². The van der Waals surface area contributed by atoms with Crippen LogP contribution in [0.15, 0.2) is 72.8 Å². The van der Waals surface area contributed by atoms with Crippen molar-refractivity contribution >= 4 is 45.5 Å². The average Bonchev–Trinajstić information content (AvgIpc) is 3.26. The summed E-state index contributed by atoms with van der Waals surface area (Å²) < 4.78 is 0. The van der Waals surface area contributed by atoms with Crippen LogP contribution in [0.3, 0.4) is 0 Å². The molecule has 4 aromatic rings. The van der Waals surface area contributed by atoms with Crippen molar-refractivity contribution in [3.05, 3.63) is 83.9 Å². The van der Waals surface area contributed by atoms with E-state index in [0.717, 1.165) is 27.8 Å². The van der Waals surface area contributed by atoms with Gasteiger partial charge in [-0.15, -0.1) is 0 Å². The van der Waals surface area contributed by atoms with Gasteiger partial charge in [0.25, 0.3) is 5.91 Å². The van der Waals surface area contributed by atoms with Gasteiger partial charge in [-0.25, -0.2) is 4.98 Å². The van der Waals surface area contributed by atoms with E-state index in [0.29, 0.717) is 22.9 Å². The summed E-state index contributed by atoms with van der Waals surface area (Å²) in [7, 11) is 0. The fourth-order valence-electron chi connectivity index (χ4n) is 3.45. The molecule has 2 heterocycles. The number of hydrogen-bond acceptors (Lipinski definition) is 4. The highest BCUT2D eigenvalue weighted by Gasteiger charge is 2.28. The van der Waals surface area contributed by atoms with Gasteiger partial charge in [0.1, 0.15) is 0 Å². The second kappa shape index (κ2) is 6.28. The summed E-state index contributed by atoms with van der Waals surface area (Å²) in [6.07, 6.45) is 0. The number of nitrogens with zero attached hydrogens (tertiary/aromatic N) is 1. The summed E-state index contributed by atoms with van der Waals surface area (Å²) >= 11 is 0.